The smallest absolute Gasteiger partial charge is 0.251 e. The van der Waals surface area contributed by atoms with Crippen LogP contribution in [0.15, 0.2) is 42.5 Å². The monoisotopic (exact) mass is 371 g/mol. The maximum Gasteiger partial charge on any atom is 0.251 e. The van der Waals surface area contributed by atoms with E-state index in [1.54, 1.807) is 36.4 Å². The van der Waals surface area contributed by atoms with Crippen LogP contribution in [0.3, 0.4) is 0 Å². The summed E-state index contributed by atoms with van der Waals surface area (Å²) in [4.78, 5) is 35.3. The first kappa shape index (κ1) is 19.8. The molecule has 0 atom stereocenters. The Morgan fingerprint density at radius 2 is 1.67 bits per heavy atom. The molecule has 2 aromatic carbocycles. The molecule has 4 N–H and O–H groups in total. The number of amides is 3. The van der Waals surface area contributed by atoms with E-state index in [4.69, 9.17) is 15.2 Å². The zero-order chi connectivity index (χ0) is 19.8. The van der Waals surface area contributed by atoms with Crippen molar-refractivity contribution in [2.24, 2.45) is 5.73 Å². The van der Waals surface area contributed by atoms with Gasteiger partial charge in [-0.3, -0.25) is 14.4 Å². The first-order chi connectivity index (χ1) is 12.9. The molecule has 0 aromatic heterocycles. The minimum Gasteiger partial charge on any atom is -0.493 e. The van der Waals surface area contributed by atoms with Gasteiger partial charge in [0.25, 0.3) is 5.91 Å². The lowest BCUT2D eigenvalue weighted by Gasteiger charge is -2.10. The molecule has 0 heterocycles. The van der Waals surface area contributed by atoms with Crippen LogP contribution in [0.25, 0.3) is 0 Å². The van der Waals surface area contributed by atoms with Gasteiger partial charge in [0.05, 0.1) is 20.8 Å². The fourth-order valence-electron chi connectivity index (χ4n) is 2.34. The number of ether oxygens (including phenoxy) is 2. The van der Waals surface area contributed by atoms with E-state index in [2.05, 4.69) is 10.6 Å². The Bertz CT molecular complexity index is 851. The van der Waals surface area contributed by atoms with Crippen molar-refractivity contribution in [1.82, 2.24) is 10.6 Å². The van der Waals surface area contributed by atoms with Crippen molar-refractivity contribution in [3.8, 4) is 11.5 Å². The van der Waals surface area contributed by atoms with Crippen LogP contribution in [0.2, 0.25) is 0 Å². The van der Waals surface area contributed by atoms with Crippen LogP contribution in [0.4, 0.5) is 0 Å². The van der Waals surface area contributed by atoms with Gasteiger partial charge in [-0.05, 0) is 35.9 Å². The SMILES string of the molecule is COc1ccc(C(=O)NCC(=O)NCc2cccc(C(N)=O)c2)cc1OC. The van der Waals surface area contributed by atoms with E-state index in [1.165, 1.54) is 20.3 Å². The molecule has 0 saturated heterocycles. The predicted octanol–water partition coefficient (Wildman–Crippen LogP) is 0.849. The molecule has 3 amide bonds. The maximum absolute atomic E-state index is 12.2. The lowest BCUT2D eigenvalue weighted by atomic mass is 10.1. The highest BCUT2D eigenvalue weighted by Crippen LogP contribution is 2.27. The van der Waals surface area contributed by atoms with Crippen LogP contribution in [-0.4, -0.2) is 38.5 Å². The molecule has 0 unspecified atom stereocenters. The van der Waals surface area contributed by atoms with E-state index in [1.807, 2.05) is 0 Å². The maximum atomic E-state index is 12.2. The van der Waals surface area contributed by atoms with Crippen LogP contribution < -0.4 is 25.8 Å². The molecule has 0 bridgehead atoms. The molecule has 2 aromatic rings. The molecule has 0 aliphatic heterocycles. The second kappa shape index (κ2) is 9.23. The highest BCUT2D eigenvalue weighted by Gasteiger charge is 2.12. The Morgan fingerprint density at radius 1 is 0.926 bits per heavy atom. The fraction of sp³-hybridized carbons (Fsp3) is 0.211. The van der Waals surface area contributed by atoms with Crippen LogP contribution in [0.1, 0.15) is 26.3 Å². The molecule has 8 heteroatoms. The topological polar surface area (TPSA) is 120 Å². The summed E-state index contributed by atoms with van der Waals surface area (Å²) in [5, 5.41) is 5.19. The van der Waals surface area contributed by atoms with Crippen molar-refractivity contribution in [3.05, 3.63) is 59.2 Å². The van der Waals surface area contributed by atoms with Crippen molar-refractivity contribution in [3.63, 3.8) is 0 Å². The van der Waals surface area contributed by atoms with E-state index < -0.39 is 11.8 Å². The molecule has 8 nitrogen and oxygen atoms in total. The Labute approximate surface area is 156 Å². The molecule has 0 aliphatic rings. The Balaban J connectivity index is 1.87. The number of carbonyl (C=O) groups excluding carboxylic acids is 3. The van der Waals surface area contributed by atoms with Crippen molar-refractivity contribution in [2.45, 2.75) is 6.54 Å². The third-order valence-corrected chi connectivity index (χ3v) is 3.76. The number of rotatable bonds is 8. The minimum absolute atomic E-state index is 0.192. The predicted molar refractivity (Wildman–Crippen MR) is 98.7 cm³/mol. The first-order valence-electron chi connectivity index (χ1n) is 8.10. The van der Waals surface area contributed by atoms with Gasteiger partial charge in [0.15, 0.2) is 11.5 Å². The average Bonchev–Trinajstić information content (AvgIpc) is 2.69. The van der Waals surface area contributed by atoms with Gasteiger partial charge in [-0.15, -0.1) is 0 Å². The van der Waals surface area contributed by atoms with Gasteiger partial charge in [-0.1, -0.05) is 12.1 Å². The number of carbonyl (C=O) groups is 3. The van der Waals surface area contributed by atoms with Crippen LogP contribution in [0.5, 0.6) is 11.5 Å². The summed E-state index contributed by atoms with van der Waals surface area (Å²) < 4.78 is 10.3. The number of nitrogens with one attached hydrogen (secondary N) is 2. The summed E-state index contributed by atoms with van der Waals surface area (Å²) in [5.74, 6) is -0.394. The molecular formula is C19H21N3O5. The fourth-order valence-corrected chi connectivity index (χ4v) is 2.34. The largest absolute Gasteiger partial charge is 0.493 e. The second-order valence-corrected chi connectivity index (χ2v) is 5.59. The van der Waals surface area contributed by atoms with Gasteiger partial charge in [0.1, 0.15) is 0 Å². The van der Waals surface area contributed by atoms with Gasteiger partial charge in [-0.25, -0.2) is 0 Å². The lowest BCUT2D eigenvalue weighted by Crippen LogP contribution is -2.36. The van der Waals surface area contributed by atoms with E-state index in [0.29, 0.717) is 22.6 Å². The number of primary amides is 1. The molecular weight excluding hydrogens is 350 g/mol. The van der Waals surface area contributed by atoms with Crippen molar-refractivity contribution >= 4 is 17.7 Å². The molecule has 27 heavy (non-hydrogen) atoms. The van der Waals surface area contributed by atoms with Gasteiger partial charge in [0, 0.05) is 17.7 Å². The van der Waals surface area contributed by atoms with E-state index in [-0.39, 0.29) is 19.0 Å². The van der Waals surface area contributed by atoms with Crippen LogP contribution in [-0.2, 0) is 11.3 Å². The average molecular weight is 371 g/mol. The molecule has 0 aliphatic carbocycles. The second-order valence-electron chi connectivity index (χ2n) is 5.59. The highest BCUT2D eigenvalue weighted by atomic mass is 16.5. The Morgan fingerprint density at radius 3 is 2.33 bits per heavy atom. The summed E-state index contributed by atoms with van der Waals surface area (Å²) in [6.07, 6.45) is 0. The normalized spacial score (nSPS) is 10.0. The quantitative estimate of drug-likeness (QED) is 0.635. The third kappa shape index (κ3) is 5.46. The summed E-state index contributed by atoms with van der Waals surface area (Å²) >= 11 is 0. The summed E-state index contributed by atoms with van der Waals surface area (Å²) in [7, 11) is 2.97. The summed E-state index contributed by atoms with van der Waals surface area (Å²) in [6, 6.07) is 11.3. The van der Waals surface area contributed by atoms with Crippen LogP contribution in [0, 0.1) is 0 Å². The number of nitrogens with two attached hydrogens (primary N) is 1. The van der Waals surface area contributed by atoms with E-state index >= 15 is 0 Å². The number of hydrogen-bond donors (Lipinski definition) is 3. The zero-order valence-corrected chi connectivity index (χ0v) is 15.1. The molecule has 142 valence electrons. The lowest BCUT2D eigenvalue weighted by molar-refractivity contribution is -0.120. The van der Waals surface area contributed by atoms with E-state index in [9.17, 15) is 14.4 Å². The third-order valence-electron chi connectivity index (χ3n) is 3.76. The van der Waals surface area contributed by atoms with Crippen molar-refractivity contribution < 1.29 is 23.9 Å². The van der Waals surface area contributed by atoms with Crippen molar-refractivity contribution in [2.75, 3.05) is 20.8 Å². The number of benzene rings is 2. The molecule has 0 radical (unpaired) electrons. The van der Waals surface area contributed by atoms with Gasteiger partial charge in [0.2, 0.25) is 11.8 Å². The van der Waals surface area contributed by atoms with Gasteiger partial charge < -0.3 is 25.8 Å². The van der Waals surface area contributed by atoms with Gasteiger partial charge >= 0.3 is 0 Å². The van der Waals surface area contributed by atoms with E-state index in [0.717, 1.165) is 5.56 Å². The molecule has 0 fully saturated rings. The molecule has 0 spiro atoms. The molecule has 2 rings (SSSR count). The van der Waals surface area contributed by atoms with Gasteiger partial charge in [-0.2, -0.15) is 0 Å². The van der Waals surface area contributed by atoms with Crippen molar-refractivity contribution in [1.29, 1.82) is 0 Å². The Hall–Kier alpha value is -3.55. The first-order valence-corrected chi connectivity index (χ1v) is 8.10. The summed E-state index contributed by atoms with van der Waals surface area (Å²) in [5.41, 5.74) is 6.66. The number of methoxy groups -OCH3 is 2. The standard InChI is InChI=1S/C19H21N3O5/c1-26-15-7-6-14(9-16(15)27-2)19(25)22-11-17(23)21-10-12-4-3-5-13(8-12)18(20)24/h3-9H,10-11H2,1-2H3,(H2,20,24)(H,21,23)(H,22,25). The zero-order valence-electron chi connectivity index (χ0n) is 15.1. The highest BCUT2D eigenvalue weighted by molar-refractivity contribution is 5.97. The number of hydrogen-bond acceptors (Lipinski definition) is 5. The van der Waals surface area contributed by atoms with Crippen LogP contribution >= 0.6 is 0 Å². The minimum atomic E-state index is -0.537. The summed E-state index contributed by atoms with van der Waals surface area (Å²) in [6.45, 7) is 0.0227. The molecule has 0 saturated carbocycles. The Kier molecular flexibility index (Phi) is 6.76.